The van der Waals surface area contributed by atoms with E-state index in [1.54, 1.807) is 29.2 Å². The van der Waals surface area contributed by atoms with E-state index in [-0.39, 0.29) is 17.4 Å². The molecule has 188 valence electrons. The van der Waals surface area contributed by atoms with E-state index in [1.807, 2.05) is 45.0 Å². The van der Waals surface area contributed by atoms with Crippen LogP contribution >= 0.6 is 0 Å². The van der Waals surface area contributed by atoms with Gasteiger partial charge >= 0.3 is 0 Å². The first kappa shape index (κ1) is 26.3. The first-order chi connectivity index (χ1) is 16.8. The van der Waals surface area contributed by atoms with E-state index in [2.05, 4.69) is 18.7 Å². The molecule has 3 rings (SSSR count). The summed E-state index contributed by atoms with van der Waals surface area (Å²) in [5.41, 5.74) is 1.29. The fourth-order valence-corrected chi connectivity index (χ4v) is 4.28. The molecule has 0 saturated carbocycles. The summed E-state index contributed by atoms with van der Waals surface area (Å²) < 4.78 is 11.2. The minimum absolute atomic E-state index is 0.0187. The van der Waals surface area contributed by atoms with E-state index in [0.29, 0.717) is 36.8 Å². The van der Waals surface area contributed by atoms with Crippen LogP contribution in [0.4, 0.5) is 0 Å². The number of aliphatic hydroxyl groups is 1. The van der Waals surface area contributed by atoms with E-state index < -0.39 is 17.7 Å². The molecule has 2 aromatic carbocycles. The normalized spacial score (nSPS) is 17.5. The van der Waals surface area contributed by atoms with Gasteiger partial charge in [-0.2, -0.15) is 0 Å². The number of benzene rings is 2. The number of aliphatic hydroxyl groups excluding tert-OH is 1. The van der Waals surface area contributed by atoms with Crippen molar-refractivity contribution in [3.05, 3.63) is 65.2 Å². The minimum Gasteiger partial charge on any atom is -0.507 e. The Morgan fingerprint density at radius 3 is 2.11 bits per heavy atom. The SMILES string of the molecule is CCOc1ccc([C@@H]2/C(=C(\O)c3ccc(OC(C)C)cc3)C(=O)C(=O)N2CCN(CC)CC)cc1. The molecule has 1 aliphatic rings. The Morgan fingerprint density at radius 2 is 1.57 bits per heavy atom. The number of hydrogen-bond donors (Lipinski definition) is 1. The molecule has 0 aromatic heterocycles. The van der Waals surface area contributed by atoms with Gasteiger partial charge in [0.2, 0.25) is 0 Å². The predicted molar refractivity (Wildman–Crippen MR) is 137 cm³/mol. The van der Waals surface area contributed by atoms with Gasteiger partial charge in [-0.05, 0) is 75.8 Å². The van der Waals surface area contributed by atoms with Crippen molar-refractivity contribution in [2.75, 3.05) is 32.8 Å². The largest absolute Gasteiger partial charge is 0.507 e. The van der Waals surface area contributed by atoms with Crippen molar-refractivity contribution in [1.29, 1.82) is 0 Å². The third-order valence-electron chi connectivity index (χ3n) is 6.10. The molecule has 1 aliphatic heterocycles. The molecule has 0 bridgehead atoms. The first-order valence-corrected chi connectivity index (χ1v) is 12.3. The van der Waals surface area contributed by atoms with Crippen LogP contribution < -0.4 is 9.47 Å². The molecule has 1 saturated heterocycles. The predicted octanol–water partition coefficient (Wildman–Crippen LogP) is 4.64. The summed E-state index contributed by atoms with van der Waals surface area (Å²) in [6.45, 7) is 13.2. The van der Waals surface area contributed by atoms with Gasteiger partial charge in [0.25, 0.3) is 11.7 Å². The Labute approximate surface area is 207 Å². The highest BCUT2D eigenvalue weighted by molar-refractivity contribution is 6.46. The topological polar surface area (TPSA) is 79.3 Å². The van der Waals surface area contributed by atoms with E-state index in [1.165, 1.54) is 0 Å². The number of carbonyl (C=O) groups is 2. The van der Waals surface area contributed by atoms with Gasteiger partial charge in [0.05, 0.1) is 24.3 Å². The number of likely N-dealkylation sites (N-methyl/N-ethyl adjacent to an activating group) is 1. The molecule has 7 nitrogen and oxygen atoms in total. The van der Waals surface area contributed by atoms with Gasteiger partial charge in [-0.3, -0.25) is 9.59 Å². The van der Waals surface area contributed by atoms with E-state index in [4.69, 9.17) is 9.47 Å². The molecule has 0 spiro atoms. The fourth-order valence-electron chi connectivity index (χ4n) is 4.28. The quantitative estimate of drug-likeness (QED) is 0.287. The number of likely N-dealkylation sites (tertiary alicyclic amines) is 1. The number of carbonyl (C=O) groups excluding carboxylic acids is 2. The summed E-state index contributed by atoms with van der Waals surface area (Å²) in [6, 6.07) is 13.5. The molecule has 1 heterocycles. The fraction of sp³-hybridized carbons (Fsp3) is 0.429. The summed E-state index contributed by atoms with van der Waals surface area (Å²) in [4.78, 5) is 30.1. The summed E-state index contributed by atoms with van der Waals surface area (Å²) in [5, 5.41) is 11.2. The second-order valence-electron chi connectivity index (χ2n) is 8.71. The Bertz CT molecular complexity index is 1040. The zero-order valence-corrected chi connectivity index (χ0v) is 21.3. The highest BCUT2D eigenvalue weighted by Gasteiger charge is 2.46. The third-order valence-corrected chi connectivity index (χ3v) is 6.10. The smallest absolute Gasteiger partial charge is 0.295 e. The highest BCUT2D eigenvalue weighted by Crippen LogP contribution is 2.40. The summed E-state index contributed by atoms with van der Waals surface area (Å²) >= 11 is 0. The number of amides is 1. The minimum atomic E-state index is -0.687. The van der Waals surface area contributed by atoms with Crippen molar-refractivity contribution in [1.82, 2.24) is 9.80 Å². The number of nitrogens with zero attached hydrogens (tertiary/aromatic N) is 2. The van der Waals surface area contributed by atoms with Crippen LogP contribution in [0.25, 0.3) is 5.76 Å². The van der Waals surface area contributed by atoms with Crippen LogP contribution in [0.2, 0.25) is 0 Å². The molecule has 1 N–H and O–H groups in total. The molecule has 0 radical (unpaired) electrons. The second kappa shape index (κ2) is 11.9. The Kier molecular flexibility index (Phi) is 8.93. The number of rotatable bonds is 11. The zero-order valence-electron chi connectivity index (χ0n) is 21.3. The molecular formula is C28H36N2O5. The lowest BCUT2D eigenvalue weighted by molar-refractivity contribution is -0.140. The monoisotopic (exact) mass is 480 g/mol. The van der Waals surface area contributed by atoms with Crippen LogP contribution in [-0.4, -0.2) is 65.5 Å². The van der Waals surface area contributed by atoms with Crippen LogP contribution in [0.5, 0.6) is 11.5 Å². The van der Waals surface area contributed by atoms with Crippen molar-refractivity contribution < 1.29 is 24.2 Å². The van der Waals surface area contributed by atoms with Crippen molar-refractivity contribution >= 4 is 17.4 Å². The third kappa shape index (κ3) is 6.03. The molecular weight excluding hydrogens is 444 g/mol. The molecule has 1 amide bonds. The number of Topliss-reactive ketones (excluding diaryl/α,β-unsaturated/α-hetero) is 1. The van der Waals surface area contributed by atoms with Gasteiger partial charge in [-0.15, -0.1) is 0 Å². The maximum Gasteiger partial charge on any atom is 0.295 e. The average molecular weight is 481 g/mol. The molecule has 1 fully saturated rings. The maximum atomic E-state index is 13.2. The zero-order chi connectivity index (χ0) is 25.5. The highest BCUT2D eigenvalue weighted by atomic mass is 16.5. The number of hydrogen-bond acceptors (Lipinski definition) is 6. The second-order valence-corrected chi connectivity index (χ2v) is 8.71. The standard InChI is InChI=1S/C28H36N2O5/c1-6-29(7-2)17-18-30-25(20-9-13-22(14-10-20)34-8-3)24(27(32)28(30)33)26(31)21-11-15-23(16-12-21)35-19(4)5/h9-16,19,25,31H,6-8,17-18H2,1-5H3/b26-24+/t25-/m1/s1. The van der Waals surface area contributed by atoms with E-state index in [0.717, 1.165) is 18.7 Å². The first-order valence-electron chi connectivity index (χ1n) is 12.3. The van der Waals surface area contributed by atoms with E-state index in [9.17, 15) is 14.7 Å². The van der Waals surface area contributed by atoms with Crippen molar-refractivity contribution in [2.45, 2.75) is 46.8 Å². The van der Waals surface area contributed by atoms with Gasteiger partial charge in [0.1, 0.15) is 17.3 Å². The maximum absolute atomic E-state index is 13.2. The lowest BCUT2D eigenvalue weighted by Gasteiger charge is -2.28. The van der Waals surface area contributed by atoms with Crippen LogP contribution in [-0.2, 0) is 9.59 Å². The lowest BCUT2D eigenvalue weighted by atomic mass is 9.95. The van der Waals surface area contributed by atoms with E-state index >= 15 is 0 Å². The molecule has 7 heteroatoms. The summed E-state index contributed by atoms with van der Waals surface area (Å²) in [5.74, 6) is -0.0965. The Hall–Kier alpha value is -3.32. The van der Waals surface area contributed by atoms with Gasteiger partial charge in [-0.1, -0.05) is 26.0 Å². The van der Waals surface area contributed by atoms with Gasteiger partial charge in [0.15, 0.2) is 0 Å². The molecule has 35 heavy (non-hydrogen) atoms. The Balaban J connectivity index is 2.04. The van der Waals surface area contributed by atoms with Gasteiger partial charge < -0.3 is 24.4 Å². The Morgan fingerprint density at radius 1 is 0.971 bits per heavy atom. The molecule has 1 atom stereocenters. The van der Waals surface area contributed by atoms with Crippen molar-refractivity contribution in [3.8, 4) is 11.5 Å². The average Bonchev–Trinajstić information content (AvgIpc) is 3.10. The number of ether oxygens (including phenoxy) is 2. The van der Waals surface area contributed by atoms with Gasteiger partial charge in [0, 0.05) is 18.7 Å². The lowest BCUT2D eigenvalue weighted by Crippen LogP contribution is -2.38. The number of ketones is 1. The van der Waals surface area contributed by atoms with Crippen LogP contribution in [0.1, 0.15) is 51.8 Å². The van der Waals surface area contributed by atoms with Crippen LogP contribution in [0.3, 0.4) is 0 Å². The summed E-state index contributed by atoms with van der Waals surface area (Å²) in [6.07, 6.45) is 0.0187. The molecule has 0 unspecified atom stereocenters. The molecule has 2 aromatic rings. The van der Waals surface area contributed by atoms with Crippen molar-refractivity contribution in [3.63, 3.8) is 0 Å². The van der Waals surface area contributed by atoms with Gasteiger partial charge in [-0.25, -0.2) is 0 Å². The molecule has 0 aliphatic carbocycles. The van der Waals surface area contributed by atoms with Crippen molar-refractivity contribution in [2.24, 2.45) is 0 Å². The van der Waals surface area contributed by atoms with Crippen LogP contribution in [0.15, 0.2) is 54.1 Å². The van der Waals surface area contributed by atoms with Crippen LogP contribution in [0, 0.1) is 0 Å². The summed E-state index contributed by atoms with van der Waals surface area (Å²) in [7, 11) is 0.